The van der Waals surface area contributed by atoms with Gasteiger partial charge in [-0.25, -0.2) is 0 Å². The van der Waals surface area contributed by atoms with Crippen LogP contribution in [0.3, 0.4) is 0 Å². The van der Waals surface area contributed by atoms with Crippen molar-refractivity contribution in [2.75, 3.05) is 6.54 Å². The largest absolute Gasteiger partial charge is 0.355 e. The Labute approximate surface area is 180 Å². The number of nitrogens with zero attached hydrogens (tertiary/aromatic N) is 3. The van der Waals surface area contributed by atoms with Gasteiger partial charge in [-0.05, 0) is 30.5 Å². The first-order chi connectivity index (χ1) is 14.0. The Balaban J connectivity index is 1.90. The molecule has 5 nitrogen and oxygen atoms in total. The molecule has 1 unspecified atom stereocenters. The number of amides is 1. The van der Waals surface area contributed by atoms with E-state index in [1.807, 2.05) is 54.0 Å². The van der Waals surface area contributed by atoms with Crippen LogP contribution in [0, 0.1) is 5.92 Å². The number of halogens is 1. The number of thioether (sulfide) groups is 1. The Morgan fingerprint density at radius 1 is 1.07 bits per heavy atom. The third-order valence-corrected chi connectivity index (χ3v) is 5.76. The highest BCUT2D eigenvalue weighted by molar-refractivity contribution is 8.00. The lowest BCUT2D eigenvalue weighted by atomic mass is 10.2. The van der Waals surface area contributed by atoms with Gasteiger partial charge in [0.25, 0.3) is 0 Å². The van der Waals surface area contributed by atoms with E-state index in [4.69, 9.17) is 11.6 Å². The first-order valence-corrected chi connectivity index (χ1v) is 10.9. The summed E-state index contributed by atoms with van der Waals surface area (Å²) in [4.78, 5) is 12.4. The van der Waals surface area contributed by atoms with Gasteiger partial charge in [-0.3, -0.25) is 9.36 Å². The SMILES string of the molecule is CC(C)CNC(=O)C(C)Sc1nnc(-c2ccccc2Cl)n1Cc1ccccc1. The van der Waals surface area contributed by atoms with Gasteiger partial charge in [0, 0.05) is 12.1 Å². The lowest BCUT2D eigenvalue weighted by Crippen LogP contribution is -2.33. The average molecular weight is 429 g/mol. The number of benzene rings is 2. The molecule has 1 amide bonds. The van der Waals surface area contributed by atoms with Crippen molar-refractivity contribution in [2.45, 2.75) is 37.7 Å². The summed E-state index contributed by atoms with van der Waals surface area (Å²) >= 11 is 7.82. The van der Waals surface area contributed by atoms with Crippen LogP contribution >= 0.6 is 23.4 Å². The number of carbonyl (C=O) groups excluding carboxylic acids is 1. The molecule has 0 radical (unpaired) electrons. The predicted molar refractivity (Wildman–Crippen MR) is 119 cm³/mol. The fraction of sp³-hybridized carbons (Fsp3) is 0.318. The van der Waals surface area contributed by atoms with Crippen molar-refractivity contribution >= 4 is 29.3 Å². The molecular formula is C22H25ClN4OS. The molecule has 1 heterocycles. The number of hydrogen-bond acceptors (Lipinski definition) is 4. The van der Waals surface area contributed by atoms with Gasteiger partial charge in [-0.1, -0.05) is 79.7 Å². The smallest absolute Gasteiger partial charge is 0.233 e. The Kier molecular flexibility index (Phi) is 7.34. The van der Waals surface area contributed by atoms with Crippen LogP contribution in [0.2, 0.25) is 5.02 Å². The molecule has 0 bridgehead atoms. The highest BCUT2D eigenvalue weighted by Crippen LogP contribution is 2.31. The summed E-state index contributed by atoms with van der Waals surface area (Å²) in [5, 5.41) is 12.8. The van der Waals surface area contributed by atoms with Gasteiger partial charge in [-0.15, -0.1) is 10.2 Å². The van der Waals surface area contributed by atoms with Crippen molar-refractivity contribution in [2.24, 2.45) is 5.92 Å². The maximum absolute atomic E-state index is 12.4. The second kappa shape index (κ2) is 9.94. The zero-order valence-corrected chi connectivity index (χ0v) is 18.4. The minimum atomic E-state index is -0.286. The van der Waals surface area contributed by atoms with E-state index in [0.29, 0.717) is 35.0 Å². The second-order valence-corrected chi connectivity index (χ2v) is 8.97. The molecule has 0 spiro atoms. The molecule has 3 rings (SSSR count). The third-order valence-electron chi connectivity index (χ3n) is 4.35. The van der Waals surface area contributed by atoms with Gasteiger partial charge in [0.2, 0.25) is 5.91 Å². The molecule has 3 aromatic rings. The molecule has 0 saturated carbocycles. The van der Waals surface area contributed by atoms with Crippen LogP contribution < -0.4 is 5.32 Å². The lowest BCUT2D eigenvalue weighted by Gasteiger charge is -2.15. The standard InChI is InChI=1S/C22H25ClN4OS/c1-15(2)13-24-21(28)16(3)29-22-26-25-20(18-11-7-8-12-19(18)23)27(22)14-17-9-5-4-6-10-17/h4-12,15-16H,13-14H2,1-3H3,(H,24,28). The number of rotatable bonds is 8. The van der Waals surface area contributed by atoms with E-state index in [-0.39, 0.29) is 11.2 Å². The Hall–Kier alpha value is -2.31. The van der Waals surface area contributed by atoms with E-state index in [0.717, 1.165) is 11.1 Å². The minimum absolute atomic E-state index is 0.00254. The van der Waals surface area contributed by atoms with Crippen LogP contribution in [0.5, 0.6) is 0 Å². The fourth-order valence-corrected chi connectivity index (χ4v) is 3.88. The Morgan fingerprint density at radius 2 is 1.76 bits per heavy atom. The van der Waals surface area contributed by atoms with Crippen LogP contribution in [0.15, 0.2) is 59.8 Å². The summed E-state index contributed by atoms with van der Waals surface area (Å²) in [7, 11) is 0. The summed E-state index contributed by atoms with van der Waals surface area (Å²) < 4.78 is 2.02. The molecule has 1 aromatic heterocycles. The van der Waals surface area contributed by atoms with Gasteiger partial charge in [0.15, 0.2) is 11.0 Å². The molecule has 1 N–H and O–H groups in total. The number of aromatic nitrogens is 3. The molecule has 1 atom stereocenters. The normalized spacial score (nSPS) is 12.2. The van der Waals surface area contributed by atoms with E-state index in [1.165, 1.54) is 11.8 Å². The van der Waals surface area contributed by atoms with Crippen molar-refractivity contribution in [1.82, 2.24) is 20.1 Å². The monoisotopic (exact) mass is 428 g/mol. The van der Waals surface area contributed by atoms with Crippen LogP contribution in [-0.2, 0) is 11.3 Å². The van der Waals surface area contributed by atoms with Crippen molar-refractivity contribution in [3.8, 4) is 11.4 Å². The molecule has 0 aliphatic carbocycles. The summed E-state index contributed by atoms with van der Waals surface area (Å²) in [6.45, 7) is 7.29. The molecule has 0 saturated heterocycles. The van der Waals surface area contributed by atoms with E-state index in [2.05, 4.69) is 41.5 Å². The molecule has 2 aromatic carbocycles. The zero-order valence-electron chi connectivity index (χ0n) is 16.8. The molecule has 0 aliphatic rings. The highest BCUT2D eigenvalue weighted by atomic mass is 35.5. The van der Waals surface area contributed by atoms with Crippen molar-refractivity contribution in [3.63, 3.8) is 0 Å². The minimum Gasteiger partial charge on any atom is -0.355 e. The Bertz CT molecular complexity index is 958. The van der Waals surface area contributed by atoms with Gasteiger partial charge < -0.3 is 5.32 Å². The number of hydrogen-bond donors (Lipinski definition) is 1. The molecule has 152 valence electrons. The number of carbonyl (C=O) groups is 1. The topological polar surface area (TPSA) is 59.8 Å². The van der Waals surface area contributed by atoms with Gasteiger partial charge in [0.1, 0.15) is 0 Å². The van der Waals surface area contributed by atoms with E-state index < -0.39 is 0 Å². The van der Waals surface area contributed by atoms with Crippen molar-refractivity contribution in [1.29, 1.82) is 0 Å². The quantitative estimate of drug-likeness (QED) is 0.518. The fourth-order valence-electron chi connectivity index (χ4n) is 2.79. The first-order valence-electron chi connectivity index (χ1n) is 9.62. The van der Waals surface area contributed by atoms with Gasteiger partial charge in [-0.2, -0.15) is 0 Å². The summed E-state index contributed by atoms with van der Waals surface area (Å²) in [5.41, 5.74) is 1.95. The van der Waals surface area contributed by atoms with E-state index in [9.17, 15) is 4.79 Å². The maximum Gasteiger partial charge on any atom is 0.233 e. The molecule has 29 heavy (non-hydrogen) atoms. The molecular weight excluding hydrogens is 404 g/mol. The van der Waals surface area contributed by atoms with Gasteiger partial charge >= 0.3 is 0 Å². The molecule has 0 aliphatic heterocycles. The average Bonchev–Trinajstić information content (AvgIpc) is 3.09. The summed E-state index contributed by atoms with van der Waals surface area (Å²) in [6.07, 6.45) is 0. The predicted octanol–water partition coefficient (Wildman–Crippen LogP) is 4.90. The molecule has 0 fully saturated rings. The highest BCUT2D eigenvalue weighted by Gasteiger charge is 2.22. The van der Waals surface area contributed by atoms with Crippen LogP contribution in [0.25, 0.3) is 11.4 Å². The lowest BCUT2D eigenvalue weighted by molar-refractivity contribution is -0.120. The van der Waals surface area contributed by atoms with Gasteiger partial charge in [0.05, 0.1) is 16.8 Å². The van der Waals surface area contributed by atoms with Crippen LogP contribution in [0.4, 0.5) is 0 Å². The second-order valence-electron chi connectivity index (χ2n) is 7.26. The summed E-state index contributed by atoms with van der Waals surface area (Å²) in [5.74, 6) is 1.10. The van der Waals surface area contributed by atoms with Crippen LogP contribution in [0.1, 0.15) is 26.3 Å². The van der Waals surface area contributed by atoms with E-state index >= 15 is 0 Å². The van der Waals surface area contributed by atoms with Crippen LogP contribution in [-0.4, -0.2) is 32.5 Å². The zero-order chi connectivity index (χ0) is 20.8. The van der Waals surface area contributed by atoms with Crippen molar-refractivity contribution in [3.05, 3.63) is 65.2 Å². The summed E-state index contributed by atoms with van der Waals surface area (Å²) in [6, 6.07) is 17.7. The van der Waals surface area contributed by atoms with Crippen molar-refractivity contribution < 1.29 is 4.79 Å². The van der Waals surface area contributed by atoms with E-state index in [1.54, 1.807) is 0 Å². The first kappa shape index (κ1) is 21.4. The third kappa shape index (κ3) is 5.61. The number of nitrogens with one attached hydrogen (secondary N) is 1. The molecule has 7 heteroatoms. The maximum atomic E-state index is 12.4. The Morgan fingerprint density at radius 3 is 2.45 bits per heavy atom.